The van der Waals surface area contributed by atoms with E-state index >= 15 is 0 Å². The van der Waals surface area contributed by atoms with Crippen LogP contribution in [-0.4, -0.2) is 6.61 Å². The second-order valence-corrected chi connectivity index (χ2v) is 4.36. The van der Waals surface area contributed by atoms with E-state index in [1.165, 1.54) is 5.56 Å². The first-order valence-electron chi connectivity index (χ1n) is 6.22. The largest absolute Gasteiger partial charge is 0.492 e. The summed E-state index contributed by atoms with van der Waals surface area (Å²) in [4.78, 5) is 0. The van der Waals surface area contributed by atoms with Crippen LogP contribution < -0.4 is 10.1 Å². The van der Waals surface area contributed by atoms with Crippen LogP contribution in [-0.2, 0) is 0 Å². The molecule has 2 aromatic rings. The van der Waals surface area contributed by atoms with Gasteiger partial charge in [-0.15, -0.1) is 0 Å². The van der Waals surface area contributed by atoms with E-state index in [0.29, 0.717) is 6.61 Å². The summed E-state index contributed by atoms with van der Waals surface area (Å²) in [6.45, 7) is 6.82. The van der Waals surface area contributed by atoms with Crippen LogP contribution in [0.25, 0.3) is 0 Å². The van der Waals surface area contributed by atoms with Gasteiger partial charge in [-0.1, -0.05) is 6.07 Å². The van der Waals surface area contributed by atoms with Crippen LogP contribution in [0.3, 0.4) is 0 Å². The third kappa shape index (κ3) is 2.86. The molecular weight excluding hydrogens is 226 g/mol. The van der Waals surface area contributed by atoms with Crippen LogP contribution in [0.5, 0.6) is 5.75 Å². The van der Waals surface area contributed by atoms with Crippen molar-refractivity contribution in [2.45, 2.75) is 26.8 Å². The van der Waals surface area contributed by atoms with Crippen molar-refractivity contribution in [3.63, 3.8) is 0 Å². The van der Waals surface area contributed by atoms with Gasteiger partial charge < -0.3 is 14.5 Å². The minimum atomic E-state index is 0.186. The van der Waals surface area contributed by atoms with Gasteiger partial charge in [0.1, 0.15) is 5.75 Å². The number of nitrogens with one attached hydrogen (secondary N) is 1. The number of rotatable bonds is 5. The van der Waals surface area contributed by atoms with E-state index < -0.39 is 0 Å². The lowest BCUT2D eigenvalue weighted by Gasteiger charge is -2.17. The highest BCUT2D eigenvalue weighted by Crippen LogP contribution is 2.29. The Hall–Kier alpha value is -1.90. The van der Waals surface area contributed by atoms with Crippen LogP contribution in [0.15, 0.2) is 41.2 Å². The minimum absolute atomic E-state index is 0.186. The quantitative estimate of drug-likeness (QED) is 0.858. The van der Waals surface area contributed by atoms with Crippen molar-refractivity contribution >= 4 is 5.69 Å². The number of hydrogen-bond acceptors (Lipinski definition) is 3. The Labute approximate surface area is 108 Å². The Morgan fingerprint density at radius 2 is 2.17 bits per heavy atom. The molecule has 0 saturated heterocycles. The van der Waals surface area contributed by atoms with Crippen LogP contribution in [0, 0.1) is 6.92 Å². The van der Waals surface area contributed by atoms with Gasteiger partial charge in [0, 0.05) is 5.56 Å². The van der Waals surface area contributed by atoms with Crippen molar-refractivity contribution < 1.29 is 9.15 Å². The average molecular weight is 245 g/mol. The van der Waals surface area contributed by atoms with Gasteiger partial charge in [-0.3, -0.25) is 0 Å². The molecule has 0 aliphatic heterocycles. The normalized spacial score (nSPS) is 12.2. The van der Waals surface area contributed by atoms with Gasteiger partial charge in [-0.2, -0.15) is 0 Å². The van der Waals surface area contributed by atoms with E-state index in [4.69, 9.17) is 9.15 Å². The maximum absolute atomic E-state index is 5.65. The number of hydrogen-bond donors (Lipinski definition) is 1. The predicted molar refractivity (Wildman–Crippen MR) is 73.1 cm³/mol. The van der Waals surface area contributed by atoms with Crippen molar-refractivity contribution in [1.29, 1.82) is 0 Å². The zero-order valence-electron chi connectivity index (χ0n) is 11.1. The van der Waals surface area contributed by atoms with E-state index in [-0.39, 0.29) is 6.04 Å². The van der Waals surface area contributed by atoms with Crippen molar-refractivity contribution in [1.82, 2.24) is 0 Å². The van der Waals surface area contributed by atoms with Crippen LogP contribution >= 0.6 is 0 Å². The van der Waals surface area contributed by atoms with Gasteiger partial charge in [0.25, 0.3) is 0 Å². The molecule has 3 nitrogen and oxygen atoms in total. The molecule has 1 atom stereocenters. The standard InChI is InChI=1S/C15H19NO2/c1-4-18-15-9-11(2)5-6-14(15)16-12(3)13-7-8-17-10-13/h5-10,12,16H,4H2,1-3H3. The lowest BCUT2D eigenvalue weighted by Crippen LogP contribution is -2.07. The smallest absolute Gasteiger partial charge is 0.142 e. The summed E-state index contributed by atoms with van der Waals surface area (Å²) in [7, 11) is 0. The number of benzene rings is 1. The molecule has 1 N–H and O–H groups in total. The molecule has 0 bridgehead atoms. The Kier molecular flexibility index (Phi) is 3.92. The molecule has 1 heterocycles. The molecule has 96 valence electrons. The second-order valence-electron chi connectivity index (χ2n) is 4.36. The molecule has 3 heteroatoms. The van der Waals surface area contributed by atoms with Crippen molar-refractivity contribution in [2.75, 3.05) is 11.9 Å². The molecule has 0 aliphatic rings. The predicted octanol–water partition coefficient (Wildman–Crippen LogP) is 4.16. The van der Waals surface area contributed by atoms with E-state index in [1.54, 1.807) is 12.5 Å². The molecular formula is C15H19NO2. The van der Waals surface area contributed by atoms with Gasteiger partial charge in [0.15, 0.2) is 0 Å². The lowest BCUT2D eigenvalue weighted by atomic mass is 10.1. The lowest BCUT2D eigenvalue weighted by molar-refractivity contribution is 0.341. The fourth-order valence-electron chi connectivity index (χ4n) is 1.86. The third-order valence-corrected chi connectivity index (χ3v) is 2.85. The third-order valence-electron chi connectivity index (χ3n) is 2.85. The number of ether oxygens (including phenoxy) is 1. The highest BCUT2D eigenvalue weighted by Gasteiger charge is 2.10. The van der Waals surface area contributed by atoms with E-state index in [1.807, 2.05) is 19.1 Å². The molecule has 2 rings (SSSR count). The fraction of sp³-hybridized carbons (Fsp3) is 0.333. The molecule has 1 aromatic heterocycles. The SMILES string of the molecule is CCOc1cc(C)ccc1NC(C)c1ccoc1. The minimum Gasteiger partial charge on any atom is -0.492 e. The van der Waals surface area contributed by atoms with Gasteiger partial charge >= 0.3 is 0 Å². The monoisotopic (exact) mass is 245 g/mol. The Balaban J connectivity index is 2.17. The number of furan rings is 1. The zero-order chi connectivity index (χ0) is 13.0. The molecule has 0 saturated carbocycles. The number of aryl methyl sites for hydroxylation is 1. The molecule has 0 fully saturated rings. The topological polar surface area (TPSA) is 34.4 Å². The first-order valence-corrected chi connectivity index (χ1v) is 6.22. The fourth-order valence-corrected chi connectivity index (χ4v) is 1.86. The van der Waals surface area contributed by atoms with Crippen molar-refractivity contribution in [2.24, 2.45) is 0 Å². The molecule has 0 amide bonds. The highest BCUT2D eigenvalue weighted by atomic mass is 16.5. The van der Waals surface area contributed by atoms with Gasteiger partial charge in [0.2, 0.25) is 0 Å². The summed E-state index contributed by atoms with van der Waals surface area (Å²) >= 11 is 0. The van der Waals surface area contributed by atoms with Gasteiger partial charge in [-0.05, 0) is 44.5 Å². The molecule has 1 aromatic carbocycles. The van der Waals surface area contributed by atoms with Crippen molar-refractivity contribution in [3.05, 3.63) is 47.9 Å². The van der Waals surface area contributed by atoms with Crippen molar-refractivity contribution in [3.8, 4) is 5.75 Å². The Morgan fingerprint density at radius 3 is 2.83 bits per heavy atom. The maximum Gasteiger partial charge on any atom is 0.142 e. The van der Waals surface area contributed by atoms with Crippen LogP contribution in [0.1, 0.15) is 31.0 Å². The number of anilines is 1. The molecule has 1 unspecified atom stereocenters. The first-order chi connectivity index (χ1) is 8.70. The molecule has 18 heavy (non-hydrogen) atoms. The summed E-state index contributed by atoms with van der Waals surface area (Å²) in [5.74, 6) is 0.896. The first kappa shape index (κ1) is 12.6. The molecule has 0 spiro atoms. The Bertz CT molecular complexity index is 491. The van der Waals surface area contributed by atoms with Crippen LogP contribution in [0.2, 0.25) is 0 Å². The summed E-state index contributed by atoms with van der Waals surface area (Å²) in [5.41, 5.74) is 3.33. The summed E-state index contributed by atoms with van der Waals surface area (Å²) in [5, 5.41) is 3.44. The molecule has 0 radical (unpaired) electrons. The zero-order valence-corrected chi connectivity index (χ0v) is 11.1. The summed E-state index contributed by atoms with van der Waals surface area (Å²) in [6, 6.07) is 8.33. The van der Waals surface area contributed by atoms with E-state index in [2.05, 4.69) is 31.3 Å². The Morgan fingerprint density at radius 1 is 1.33 bits per heavy atom. The highest BCUT2D eigenvalue weighted by molar-refractivity contribution is 5.58. The van der Waals surface area contributed by atoms with E-state index in [9.17, 15) is 0 Å². The summed E-state index contributed by atoms with van der Waals surface area (Å²) < 4.78 is 10.7. The van der Waals surface area contributed by atoms with E-state index in [0.717, 1.165) is 17.0 Å². The average Bonchev–Trinajstić information content (AvgIpc) is 2.86. The van der Waals surface area contributed by atoms with Gasteiger partial charge in [-0.25, -0.2) is 0 Å². The second kappa shape index (κ2) is 5.63. The molecule has 0 aliphatic carbocycles. The maximum atomic E-state index is 5.65. The summed E-state index contributed by atoms with van der Waals surface area (Å²) in [6.07, 6.45) is 3.44. The van der Waals surface area contributed by atoms with Crippen LogP contribution in [0.4, 0.5) is 5.69 Å². The van der Waals surface area contributed by atoms with Gasteiger partial charge in [0.05, 0.1) is 30.9 Å².